The van der Waals surface area contributed by atoms with Crippen molar-refractivity contribution in [2.75, 3.05) is 0 Å². The molecule has 0 heterocycles. The number of allylic oxidation sites excluding steroid dienone is 1. The summed E-state index contributed by atoms with van der Waals surface area (Å²) in [6, 6.07) is 0. The van der Waals surface area contributed by atoms with Crippen LogP contribution in [0, 0.1) is 11.3 Å². The summed E-state index contributed by atoms with van der Waals surface area (Å²) in [5, 5.41) is 11.1. The molecule has 1 heteroatoms. The van der Waals surface area contributed by atoms with E-state index in [-0.39, 0.29) is 0 Å². The molecule has 2 aliphatic rings. The SMILES string of the molecule is CC1CC(C)(C)CCC1(O)C1=CCCCCC1. The van der Waals surface area contributed by atoms with Crippen LogP contribution >= 0.6 is 0 Å². The van der Waals surface area contributed by atoms with Crippen LogP contribution < -0.4 is 0 Å². The van der Waals surface area contributed by atoms with Crippen LogP contribution in [0.3, 0.4) is 0 Å². The highest BCUT2D eigenvalue weighted by molar-refractivity contribution is 5.21. The molecular weight excluding hydrogens is 208 g/mol. The molecule has 1 N–H and O–H groups in total. The Kier molecular flexibility index (Phi) is 3.68. The average Bonchev–Trinajstić information content (AvgIpc) is 2.52. The summed E-state index contributed by atoms with van der Waals surface area (Å²) >= 11 is 0. The van der Waals surface area contributed by atoms with Crippen LogP contribution in [0.1, 0.15) is 72.1 Å². The first-order chi connectivity index (χ1) is 7.94. The molecule has 0 spiro atoms. The second-order valence-corrected chi connectivity index (χ2v) is 7.02. The van der Waals surface area contributed by atoms with E-state index in [1.54, 1.807) is 0 Å². The molecule has 0 bridgehead atoms. The third kappa shape index (κ3) is 2.76. The number of hydrogen-bond acceptors (Lipinski definition) is 1. The van der Waals surface area contributed by atoms with E-state index in [0.29, 0.717) is 11.3 Å². The molecule has 0 aliphatic heterocycles. The predicted octanol–water partition coefficient (Wildman–Crippen LogP) is 4.45. The lowest BCUT2D eigenvalue weighted by Crippen LogP contribution is -2.45. The van der Waals surface area contributed by atoms with E-state index in [1.807, 2.05) is 0 Å². The van der Waals surface area contributed by atoms with Crippen molar-refractivity contribution >= 4 is 0 Å². The fourth-order valence-corrected chi connectivity index (χ4v) is 3.76. The van der Waals surface area contributed by atoms with Gasteiger partial charge in [-0.25, -0.2) is 0 Å². The highest BCUT2D eigenvalue weighted by Crippen LogP contribution is 2.48. The van der Waals surface area contributed by atoms with Gasteiger partial charge in [0.2, 0.25) is 0 Å². The van der Waals surface area contributed by atoms with Gasteiger partial charge in [-0.05, 0) is 61.9 Å². The van der Waals surface area contributed by atoms with Crippen molar-refractivity contribution in [1.82, 2.24) is 0 Å². The quantitative estimate of drug-likeness (QED) is 0.667. The van der Waals surface area contributed by atoms with Gasteiger partial charge in [-0.1, -0.05) is 33.3 Å². The summed E-state index contributed by atoms with van der Waals surface area (Å²) in [7, 11) is 0. The molecule has 1 saturated carbocycles. The van der Waals surface area contributed by atoms with Crippen molar-refractivity contribution in [2.24, 2.45) is 11.3 Å². The highest BCUT2D eigenvalue weighted by Gasteiger charge is 2.44. The predicted molar refractivity (Wildman–Crippen MR) is 72.9 cm³/mol. The molecule has 2 unspecified atom stereocenters. The molecule has 2 rings (SSSR count). The van der Waals surface area contributed by atoms with E-state index in [1.165, 1.54) is 31.3 Å². The Morgan fingerprint density at radius 3 is 2.65 bits per heavy atom. The molecule has 0 aromatic heterocycles. The third-order valence-corrected chi connectivity index (χ3v) is 4.95. The van der Waals surface area contributed by atoms with Gasteiger partial charge in [0.25, 0.3) is 0 Å². The minimum absolute atomic E-state index is 0.413. The van der Waals surface area contributed by atoms with Crippen molar-refractivity contribution in [3.05, 3.63) is 11.6 Å². The van der Waals surface area contributed by atoms with Gasteiger partial charge < -0.3 is 5.11 Å². The average molecular weight is 236 g/mol. The summed E-state index contributed by atoms with van der Waals surface area (Å²) in [5.74, 6) is 0.413. The summed E-state index contributed by atoms with van der Waals surface area (Å²) in [6.45, 7) is 6.92. The van der Waals surface area contributed by atoms with Crippen LogP contribution in [-0.2, 0) is 0 Å². The smallest absolute Gasteiger partial charge is 0.0882 e. The highest BCUT2D eigenvalue weighted by atomic mass is 16.3. The minimum atomic E-state index is -0.486. The molecule has 98 valence electrons. The van der Waals surface area contributed by atoms with Crippen LogP contribution in [0.4, 0.5) is 0 Å². The topological polar surface area (TPSA) is 20.2 Å². The maximum atomic E-state index is 11.1. The van der Waals surface area contributed by atoms with E-state index in [0.717, 1.165) is 25.7 Å². The first kappa shape index (κ1) is 13.1. The number of hydrogen-bond donors (Lipinski definition) is 1. The lowest BCUT2D eigenvalue weighted by atomic mass is 9.62. The van der Waals surface area contributed by atoms with Crippen LogP contribution in [0.25, 0.3) is 0 Å². The van der Waals surface area contributed by atoms with Crippen LogP contribution in [0.2, 0.25) is 0 Å². The summed E-state index contributed by atoms with van der Waals surface area (Å²) in [6.07, 6.45) is 11.8. The first-order valence-electron chi connectivity index (χ1n) is 7.36. The zero-order chi connectivity index (χ0) is 12.5. The van der Waals surface area contributed by atoms with E-state index in [4.69, 9.17) is 0 Å². The Morgan fingerprint density at radius 1 is 1.18 bits per heavy atom. The van der Waals surface area contributed by atoms with Gasteiger partial charge in [0, 0.05) is 0 Å². The van der Waals surface area contributed by atoms with E-state index in [2.05, 4.69) is 26.8 Å². The second-order valence-electron chi connectivity index (χ2n) is 7.02. The Bertz CT molecular complexity index is 303. The minimum Gasteiger partial charge on any atom is -0.385 e. The standard InChI is InChI=1S/C16H28O/c1-13-12-15(2,3)10-11-16(13,17)14-8-6-4-5-7-9-14/h8,13,17H,4-7,9-12H2,1-3H3. The molecule has 2 atom stereocenters. The molecule has 0 aromatic carbocycles. The van der Waals surface area contributed by atoms with Gasteiger partial charge in [0.05, 0.1) is 5.60 Å². The molecule has 2 aliphatic carbocycles. The normalized spacial score (nSPS) is 38.4. The Labute approximate surface area is 106 Å². The van der Waals surface area contributed by atoms with Crippen LogP contribution in [-0.4, -0.2) is 10.7 Å². The molecule has 0 amide bonds. The van der Waals surface area contributed by atoms with Crippen molar-refractivity contribution in [2.45, 2.75) is 77.7 Å². The van der Waals surface area contributed by atoms with E-state index >= 15 is 0 Å². The molecule has 1 fully saturated rings. The lowest BCUT2D eigenvalue weighted by Gasteiger charge is -2.46. The van der Waals surface area contributed by atoms with Gasteiger partial charge in [-0.2, -0.15) is 0 Å². The number of aliphatic hydroxyl groups is 1. The van der Waals surface area contributed by atoms with Gasteiger partial charge in [0.1, 0.15) is 0 Å². The van der Waals surface area contributed by atoms with Gasteiger partial charge in [-0.15, -0.1) is 0 Å². The fraction of sp³-hybridized carbons (Fsp3) is 0.875. The Hall–Kier alpha value is -0.300. The molecule has 0 radical (unpaired) electrons. The zero-order valence-corrected chi connectivity index (χ0v) is 11.8. The summed E-state index contributed by atoms with van der Waals surface area (Å²) in [4.78, 5) is 0. The zero-order valence-electron chi connectivity index (χ0n) is 11.8. The van der Waals surface area contributed by atoms with Crippen molar-refractivity contribution in [3.8, 4) is 0 Å². The Balaban J connectivity index is 2.15. The maximum Gasteiger partial charge on any atom is 0.0882 e. The summed E-state index contributed by atoms with van der Waals surface area (Å²) in [5.41, 5.74) is 1.29. The van der Waals surface area contributed by atoms with Gasteiger partial charge in [-0.3, -0.25) is 0 Å². The van der Waals surface area contributed by atoms with E-state index < -0.39 is 5.60 Å². The fourth-order valence-electron chi connectivity index (χ4n) is 3.76. The molecule has 17 heavy (non-hydrogen) atoms. The van der Waals surface area contributed by atoms with Gasteiger partial charge >= 0.3 is 0 Å². The molecular formula is C16H28O. The van der Waals surface area contributed by atoms with E-state index in [9.17, 15) is 5.11 Å². The molecule has 0 saturated heterocycles. The number of rotatable bonds is 1. The molecule has 1 nitrogen and oxygen atoms in total. The lowest BCUT2D eigenvalue weighted by molar-refractivity contribution is -0.0442. The van der Waals surface area contributed by atoms with Crippen LogP contribution in [0.5, 0.6) is 0 Å². The Morgan fingerprint density at radius 2 is 1.94 bits per heavy atom. The van der Waals surface area contributed by atoms with Gasteiger partial charge in [0.15, 0.2) is 0 Å². The largest absolute Gasteiger partial charge is 0.385 e. The van der Waals surface area contributed by atoms with Crippen molar-refractivity contribution in [3.63, 3.8) is 0 Å². The molecule has 0 aromatic rings. The second kappa shape index (κ2) is 4.76. The van der Waals surface area contributed by atoms with Crippen molar-refractivity contribution < 1.29 is 5.11 Å². The van der Waals surface area contributed by atoms with Crippen LogP contribution in [0.15, 0.2) is 11.6 Å². The third-order valence-electron chi connectivity index (χ3n) is 4.95. The monoisotopic (exact) mass is 236 g/mol. The first-order valence-corrected chi connectivity index (χ1v) is 7.36. The summed E-state index contributed by atoms with van der Waals surface area (Å²) < 4.78 is 0. The maximum absolute atomic E-state index is 11.1. The van der Waals surface area contributed by atoms with Crippen molar-refractivity contribution in [1.29, 1.82) is 0 Å².